The van der Waals surface area contributed by atoms with Crippen molar-refractivity contribution in [2.75, 3.05) is 0 Å². The second kappa shape index (κ2) is 5.39. The van der Waals surface area contributed by atoms with Crippen LogP contribution in [-0.2, 0) is 0 Å². The van der Waals surface area contributed by atoms with E-state index in [4.69, 9.17) is 5.73 Å². The van der Waals surface area contributed by atoms with Gasteiger partial charge in [0.05, 0.1) is 6.04 Å². The highest BCUT2D eigenvalue weighted by atomic mass is 79.9. The van der Waals surface area contributed by atoms with Crippen LogP contribution in [-0.4, -0.2) is 0 Å². The van der Waals surface area contributed by atoms with Gasteiger partial charge in [-0.05, 0) is 48.7 Å². The topological polar surface area (TPSA) is 26.0 Å². The van der Waals surface area contributed by atoms with Gasteiger partial charge in [-0.1, -0.05) is 28.1 Å². The standard InChI is InChI=1S/C15H14BrF2N/c1-8-5-10(6-9(2)14(8)18)15(19)12-7-11(16)3-4-13(12)17/h3-7,15H,19H2,1-2H3. The van der Waals surface area contributed by atoms with Crippen molar-refractivity contribution < 1.29 is 8.78 Å². The van der Waals surface area contributed by atoms with E-state index in [0.29, 0.717) is 22.3 Å². The molecule has 0 aliphatic rings. The van der Waals surface area contributed by atoms with Crippen LogP contribution in [0.15, 0.2) is 34.8 Å². The van der Waals surface area contributed by atoms with Crippen LogP contribution in [0.3, 0.4) is 0 Å². The highest BCUT2D eigenvalue weighted by molar-refractivity contribution is 9.10. The van der Waals surface area contributed by atoms with Gasteiger partial charge in [-0.3, -0.25) is 0 Å². The van der Waals surface area contributed by atoms with E-state index < -0.39 is 6.04 Å². The monoisotopic (exact) mass is 325 g/mol. The van der Waals surface area contributed by atoms with Crippen molar-refractivity contribution in [3.8, 4) is 0 Å². The van der Waals surface area contributed by atoms with Crippen molar-refractivity contribution in [3.05, 3.63) is 68.7 Å². The minimum Gasteiger partial charge on any atom is -0.320 e. The third-order valence-corrected chi connectivity index (χ3v) is 3.60. The first-order valence-electron chi connectivity index (χ1n) is 5.87. The number of aryl methyl sites for hydroxylation is 2. The maximum absolute atomic E-state index is 13.8. The third kappa shape index (κ3) is 2.85. The first-order valence-corrected chi connectivity index (χ1v) is 6.66. The van der Waals surface area contributed by atoms with E-state index in [1.807, 2.05) is 0 Å². The largest absolute Gasteiger partial charge is 0.320 e. The van der Waals surface area contributed by atoms with E-state index in [1.165, 1.54) is 6.07 Å². The van der Waals surface area contributed by atoms with Crippen LogP contribution >= 0.6 is 15.9 Å². The minimum atomic E-state index is -0.615. The molecule has 2 rings (SSSR count). The number of hydrogen-bond acceptors (Lipinski definition) is 1. The number of halogens is 3. The van der Waals surface area contributed by atoms with Crippen molar-refractivity contribution in [1.29, 1.82) is 0 Å². The van der Waals surface area contributed by atoms with Crippen molar-refractivity contribution >= 4 is 15.9 Å². The molecule has 0 amide bonds. The lowest BCUT2D eigenvalue weighted by molar-refractivity contribution is 0.595. The molecule has 0 aliphatic carbocycles. The van der Waals surface area contributed by atoms with Crippen molar-refractivity contribution in [2.45, 2.75) is 19.9 Å². The van der Waals surface area contributed by atoms with Gasteiger partial charge in [0.25, 0.3) is 0 Å². The van der Waals surface area contributed by atoms with E-state index >= 15 is 0 Å². The fourth-order valence-electron chi connectivity index (χ4n) is 2.09. The van der Waals surface area contributed by atoms with E-state index in [1.54, 1.807) is 38.1 Å². The molecular weight excluding hydrogens is 312 g/mol. The van der Waals surface area contributed by atoms with Gasteiger partial charge in [0.15, 0.2) is 0 Å². The molecule has 0 aromatic heterocycles. The normalized spacial score (nSPS) is 12.5. The average molecular weight is 326 g/mol. The summed E-state index contributed by atoms with van der Waals surface area (Å²) in [7, 11) is 0. The first-order chi connectivity index (χ1) is 8.90. The Morgan fingerprint density at radius 3 is 2.21 bits per heavy atom. The molecule has 1 nitrogen and oxygen atoms in total. The first kappa shape index (κ1) is 14.2. The molecule has 1 atom stereocenters. The fraction of sp³-hybridized carbons (Fsp3) is 0.200. The molecule has 2 N–H and O–H groups in total. The van der Waals surface area contributed by atoms with E-state index in [-0.39, 0.29) is 11.6 Å². The van der Waals surface area contributed by atoms with Gasteiger partial charge in [-0.15, -0.1) is 0 Å². The molecule has 1 unspecified atom stereocenters. The van der Waals surface area contributed by atoms with Crippen LogP contribution in [0.2, 0.25) is 0 Å². The fourth-order valence-corrected chi connectivity index (χ4v) is 2.47. The molecule has 0 saturated carbocycles. The molecule has 0 spiro atoms. The summed E-state index contributed by atoms with van der Waals surface area (Å²) in [5.74, 6) is -0.610. The molecule has 4 heteroatoms. The molecule has 0 fully saturated rings. The van der Waals surface area contributed by atoms with Gasteiger partial charge in [-0.2, -0.15) is 0 Å². The highest BCUT2D eigenvalue weighted by Gasteiger charge is 2.16. The van der Waals surface area contributed by atoms with Crippen molar-refractivity contribution in [2.24, 2.45) is 5.73 Å². The predicted molar refractivity (Wildman–Crippen MR) is 76.0 cm³/mol. The smallest absolute Gasteiger partial charge is 0.129 e. The summed E-state index contributed by atoms with van der Waals surface area (Å²) in [5, 5.41) is 0. The number of benzene rings is 2. The van der Waals surface area contributed by atoms with Crippen molar-refractivity contribution in [1.82, 2.24) is 0 Å². The lowest BCUT2D eigenvalue weighted by atomic mass is 9.96. The quantitative estimate of drug-likeness (QED) is 0.870. The lowest BCUT2D eigenvalue weighted by Crippen LogP contribution is -2.14. The Balaban J connectivity index is 2.49. The van der Waals surface area contributed by atoms with Crippen LogP contribution < -0.4 is 5.73 Å². The summed E-state index contributed by atoms with van der Waals surface area (Å²) in [6.07, 6.45) is 0. The Kier molecular flexibility index (Phi) is 4.02. The van der Waals surface area contributed by atoms with Crippen LogP contribution in [0.5, 0.6) is 0 Å². The van der Waals surface area contributed by atoms with Gasteiger partial charge in [0.1, 0.15) is 11.6 Å². The van der Waals surface area contributed by atoms with E-state index in [0.717, 1.165) is 4.47 Å². The van der Waals surface area contributed by atoms with Gasteiger partial charge >= 0.3 is 0 Å². The Morgan fingerprint density at radius 1 is 1.05 bits per heavy atom. The maximum atomic E-state index is 13.8. The summed E-state index contributed by atoms with van der Waals surface area (Å²) in [6.45, 7) is 3.35. The Morgan fingerprint density at radius 2 is 1.63 bits per heavy atom. The SMILES string of the molecule is Cc1cc(C(N)c2cc(Br)ccc2F)cc(C)c1F. The molecule has 0 bridgehead atoms. The van der Waals surface area contributed by atoms with Crippen LogP contribution in [0.25, 0.3) is 0 Å². The molecular formula is C15H14BrF2N. The zero-order valence-electron chi connectivity index (χ0n) is 10.7. The molecule has 0 heterocycles. The predicted octanol–water partition coefficient (Wildman–Crippen LogP) is 4.39. The van der Waals surface area contributed by atoms with Gasteiger partial charge in [-0.25, -0.2) is 8.78 Å². The average Bonchev–Trinajstić information content (AvgIpc) is 2.37. The zero-order chi connectivity index (χ0) is 14.2. The van der Waals surface area contributed by atoms with Crippen LogP contribution in [0, 0.1) is 25.5 Å². The summed E-state index contributed by atoms with van der Waals surface area (Å²) in [5.41, 5.74) is 8.21. The second-order valence-corrected chi connectivity index (χ2v) is 5.53. The molecule has 2 aromatic carbocycles. The van der Waals surface area contributed by atoms with Crippen molar-refractivity contribution in [3.63, 3.8) is 0 Å². The zero-order valence-corrected chi connectivity index (χ0v) is 12.3. The van der Waals surface area contributed by atoms with Crippen LogP contribution in [0.4, 0.5) is 8.78 Å². The number of hydrogen-bond donors (Lipinski definition) is 1. The van der Waals surface area contributed by atoms with Gasteiger partial charge in [0, 0.05) is 10.0 Å². The van der Waals surface area contributed by atoms with E-state index in [2.05, 4.69) is 15.9 Å². The molecule has 2 aromatic rings. The molecule has 19 heavy (non-hydrogen) atoms. The maximum Gasteiger partial charge on any atom is 0.129 e. The third-order valence-electron chi connectivity index (χ3n) is 3.11. The Hall–Kier alpha value is -1.26. The summed E-state index contributed by atoms with van der Waals surface area (Å²) < 4.78 is 28.2. The molecule has 100 valence electrons. The molecule has 0 aliphatic heterocycles. The second-order valence-electron chi connectivity index (χ2n) is 4.61. The number of rotatable bonds is 2. The van der Waals surface area contributed by atoms with Gasteiger partial charge in [0.2, 0.25) is 0 Å². The van der Waals surface area contributed by atoms with E-state index in [9.17, 15) is 8.78 Å². The summed E-state index contributed by atoms with van der Waals surface area (Å²) in [4.78, 5) is 0. The minimum absolute atomic E-state index is 0.245. The highest BCUT2D eigenvalue weighted by Crippen LogP contribution is 2.27. The summed E-state index contributed by atoms with van der Waals surface area (Å²) >= 11 is 3.30. The Bertz CT molecular complexity index is 603. The molecule has 0 saturated heterocycles. The summed E-state index contributed by atoms with van der Waals surface area (Å²) in [6, 6.07) is 7.33. The Labute approximate surface area is 119 Å². The lowest BCUT2D eigenvalue weighted by Gasteiger charge is -2.16. The molecule has 0 radical (unpaired) electrons. The van der Waals surface area contributed by atoms with Crippen LogP contribution in [0.1, 0.15) is 28.3 Å². The number of nitrogens with two attached hydrogens (primary N) is 1. The van der Waals surface area contributed by atoms with Gasteiger partial charge < -0.3 is 5.73 Å².